The van der Waals surface area contributed by atoms with Crippen molar-refractivity contribution in [3.8, 4) is 0 Å². The summed E-state index contributed by atoms with van der Waals surface area (Å²) in [5.41, 5.74) is 1.81. The number of hydrogen-bond donors (Lipinski definition) is 2. The van der Waals surface area contributed by atoms with Crippen LogP contribution in [0.4, 0.5) is 21.9 Å². The molecule has 0 spiro atoms. The number of nitrogens with one attached hydrogen (secondary N) is 1. The molecule has 0 bridgehead atoms. The number of allylic oxidation sites excluding steroid dienone is 5. The molecule has 5 amide bonds. The van der Waals surface area contributed by atoms with Gasteiger partial charge in [-0.2, -0.15) is 8.42 Å². The van der Waals surface area contributed by atoms with Crippen LogP contribution in [-0.4, -0.2) is 55.7 Å². The van der Waals surface area contributed by atoms with E-state index in [1.54, 1.807) is 78.9 Å². The van der Waals surface area contributed by atoms with Gasteiger partial charge in [0.2, 0.25) is 5.91 Å². The van der Waals surface area contributed by atoms with E-state index in [-0.39, 0.29) is 22.3 Å². The summed E-state index contributed by atoms with van der Waals surface area (Å²) in [5, 5.41) is 2.73. The summed E-state index contributed by atoms with van der Waals surface area (Å²) in [6, 6.07) is 20.3. The van der Waals surface area contributed by atoms with Gasteiger partial charge in [-0.05, 0) is 66.6 Å². The number of nitrogens with zero attached hydrogens (tertiary/aromatic N) is 3. The molecule has 1 saturated heterocycles. The number of benzene rings is 3. The van der Waals surface area contributed by atoms with Gasteiger partial charge >= 0.3 is 6.03 Å². The fourth-order valence-electron chi connectivity index (χ4n) is 5.72. The van der Waals surface area contributed by atoms with Crippen molar-refractivity contribution >= 4 is 62.5 Å². The Kier molecular flexibility index (Phi) is 9.99. The van der Waals surface area contributed by atoms with Crippen molar-refractivity contribution in [3.63, 3.8) is 0 Å². The standard InChI is InChI=1S/C35H33ClN4O7S/c1-35(2)28-22-26(48(45,46)47)18-19-29(28)38(21-11-20-37-31(41)23-36)30(35)17-10-9-16-27-32(42)39(24-12-5-3-6-13-24)34(44)40(33(27)43)25-14-7-4-8-15-25/h3-10,12-19,22H,11,20-21,23H2,1-2H3,(H,37,41)(H,45,46,47)/b10-9+,30-17+. The molecule has 11 nitrogen and oxygen atoms in total. The molecule has 5 rings (SSSR count). The number of urea groups is 1. The molecule has 3 aromatic carbocycles. The van der Waals surface area contributed by atoms with Crippen LogP contribution < -0.4 is 20.0 Å². The van der Waals surface area contributed by atoms with Gasteiger partial charge in [0.15, 0.2) is 0 Å². The van der Waals surface area contributed by atoms with E-state index in [1.165, 1.54) is 24.3 Å². The van der Waals surface area contributed by atoms with Crippen molar-refractivity contribution in [3.05, 3.63) is 120 Å². The predicted molar refractivity (Wildman–Crippen MR) is 184 cm³/mol. The van der Waals surface area contributed by atoms with E-state index < -0.39 is 33.4 Å². The van der Waals surface area contributed by atoms with Crippen LogP contribution in [0.3, 0.4) is 0 Å². The third-order valence-electron chi connectivity index (χ3n) is 8.07. The summed E-state index contributed by atoms with van der Waals surface area (Å²) in [6.45, 7) is 4.61. The summed E-state index contributed by atoms with van der Waals surface area (Å²) in [5.74, 6) is -2.00. The molecule has 2 aliphatic rings. The molecule has 0 aromatic heterocycles. The van der Waals surface area contributed by atoms with Crippen molar-refractivity contribution in [1.29, 1.82) is 0 Å². The first-order valence-corrected chi connectivity index (χ1v) is 17.0. The number of barbiturate groups is 1. The zero-order valence-electron chi connectivity index (χ0n) is 26.2. The maximum absolute atomic E-state index is 13.6. The molecule has 13 heteroatoms. The van der Waals surface area contributed by atoms with Gasteiger partial charge in [0.05, 0.1) is 16.3 Å². The van der Waals surface area contributed by atoms with Gasteiger partial charge in [-0.25, -0.2) is 14.6 Å². The average molecular weight is 689 g/mol. The molecule has 0 unspecified atom stereocenters. The number of carbonyl (C=O) groups excluding carboxylic acids is 4. The van der Waals surface area contributed by atoms with Crippen molar-refractivity contribution in [2.75, 3.05) is 33.7 Å². The van der Waals surface area contributed by atoms with Gasteiger partial charge in [0, 0.05) is 29.9 Å². The lowest BCUT2D eigenvalue weighted by Gasteiger charge is -2.33. The number of halogens is 1. The number of rotatable bonds is 10. The molecule has 248 valence electrons. The molecule has 3 aromatic rings. The topological polar surface area (TPSA) is 144 Å². The van der Waals surface area contributed by atoms with Crippen LogP contribution in [-0.2, 0) is 29.9 Å². The average Bonchev–Trinajstić information content (AvgIpc) is 3.27. The monoisotopic (exact) mass is 688 g/mol. The first-order valence-electron chi connectivity index (χ1n) is 15.0. The molecule has 0 aliphatic carbocycles. The van der Waals surface area contributed by atoms with Crippen LogP contribution in [0.15, 0.2) is 119 Å². The van der Waals surface area contributed by atoms with E-state index in [0.717, 1.165) is 21.2 Å². The summed E-state index contributed by atoms with van der Waals surface area (Å²) in [7, 11) is -4.46. The van der Waals surface area contributed by atoms with Gasteiger partial charge in [-0.1, -0.05) is 62.4 Å². The molecule has 1 fully saturated rings. The second kappa shape index (κ2) is 14.0. The smallest absolute Gasteiger partial charge is 0.343 e. The first-order chi connectivity index (χ1) is 22.9. The summed E-state index contributed by atoms with van der Waals surface area (Å²) < 4.78 is 33.6. The van der Waals surface area contributed by atoms with Crippen LogP contribution in [0, 0.1) is 0 Å². The quantitative estimate of drug-likeness (QED) is 0.0955. The number of imide groups is 2. The summed E-state index contributed by atoms with van der Waals surface area (Å²) in [6.07, 6.45) is 6.86. The Bertz CT molecular complexity index is 1900. The van der Waals surface area contributed by atoms with Gasteiger partial charge < -0.3 is 10.2 Å². The van der Waals surface area contributed by atoms with E-state index in [4.69, 9.17) is 11.6 Å². The number of carbonyl (C=O) groups is 4. The fourth-order valence-corrected chi connectivity index (χ4v) is 6.33. The second-order valence-corrected chi connectivity index (χ2v) is 13.2. The molecule has 2 heterocycles. The van der Waals surface area contributed by atoms with Crippen molar-refractivity contribution < 1.29 is 32.1 Å². The number of para-hydroxylation sites is 2. The molecule has 48 heavy (non-hydrogen) atoms. The minimum Gasteiger partial charge on any atom is -0.355 e. The first kappa shape index (κ1) is 34.3. The Hall–Kier alpha value is -5.04. The maximum Gasteiger partial charge on any atom is 0.343 e. The van der Waals surface area contributed by atoms with Crippen LogP contribution in [0.25, 0.3) is 0 Å². The van der Waals surface area contributed by atoms with E-state index in [2.05, 4.69) is 5.32 Å². The third-order valence-corrected chi connectivity index (χ3v) is 9.16. The van der Waals surface area contributed by atoms with Gasteiger partial charge in [0.25, 0.3) is 21.9 Å². The van der Waals surface area contributed by atoms with Crippen LogP contribution in [0.5, 0.6) is 0 Å². The largest absolute Gasteiger partial charge is 0.355 e. The lowest BCUT2D eigenvalue weighted by atomic mass is 9.83. The number of fused-ring (bicyclic) bond motifs is 1. The molecular formula is C35H33ClN4O7S. The lowest BCUT2D eigenvalue weighted by Crippen LogP contribution is -2.57. The van der Waals surface area contributed by atoms with E-state index in [1.807, 2.05) is 18.7 Å². The van der Waals surface area contributed by atoms with E-state index in [0.29, 0.717) is 36.4 Å². The number of amides is 5. The number of hydrogen-bond acceptors (Lipinski definition) is 7. The SMILES string of the molecule is CC1(C)/C(=C\C=C\C=C2C(=O)N(c3ccccc3)C(=O)N(c3ccccc3)C2=O)N(CCCNC(=O)CCl)c2ccc(S(=O)(=O)O)cc21. The Morgan fingerprint density at radius 1 is 0.875 bits per heavy atom. The normalized spacial score (nSPS) is 17.0. The highest BCUT2D eigenvalue weighted by Crippen LogP contribution is 2.48. The zero-order valence-corrected chi connectivity index (χ0v) is 27.7. The van der Waals surface area contributed by atoms with Crippen molar-refractivity contribution in [2.24, 2.45) is 0 Å². The third kappa shape index (κ3) is 6.82. The molecular weight excluding hydrogens is 656 g/mol. The van der Waals surface area contributed by atoms with Gasteiger partial charge in [-0.3, -0.25) is 18.9 Å². The Morgan fingerprint density at radius 3 is 1.98 bits per heavy atom. The van der Waals surface area contributed by atoms with Crippen molar-refractivity contribution in [2.45, 2.75) is 30.6 Å². The predicted octanol–water partition coefficient (Wildman–Crippen LogP) is 5.34. The highest BCUT2D eigenvalue weighted by atomic mass is 35.5. The molecule has 0 saturated carbocycles. The van der Waals surface area contributed by atoms with Gasteiger partial charge in [-0.15, -0.1) is 11.6 Å². The second-order valence-electron chi connectivity index (χ2n) is 11.5. The molecule has 0 radical (unpaired) electrons. The summed E-state index contributed by atoms with van der Waals surface area (Å²) >= 11 is 5.59. The van der Waals surface area contributed by atoms with Gasteiger partial charge in [0.1, 0.15) is 11.5 Å². The number of anilines is 3. The highest BCUT2D eigenvalue weighted by Gasteiger charge is 2.44. The number of alkyl halides is 1. The van der Waals surface area contributed by atoms with Crippen LogP contribution >= 0.6 is 11.6 Å². The van der Waals surface area contributed by atoms with E-state index >= 15 is 0 Å². The highest BCUT2D eigenvalue weighted by molar-refractivity contribution is 7.85. The van der Waals surface area contributed by atoms with Crippen LogP contribution in [0.2, 0.25) is 0 Å². The molecule has 0 atom stereocenters. The summed E-state index contributed by atoms with van der Waals surface area (Å²) in [4.78, 5) is 56.1. The Balaban J connectivity index is 1.51. The van der Waals surface area contributed by atoms with E-state index in [9.17, 15) is 32.1 Å². The molecule has 2 N–H and O–H groups in total. The minimum atomic E-state index is -4.46. The maximum atomic E-state index is 13.6. The van der Waals surface area contributed by atoms with Crippen LogP contribution in [0.1, 0.15) is 25.8 Å². The Labute approximate surface area is 283 Å². The fraction of sp³-hybridized carbons (Fsp3) is 0.200. The lowest BCUT2D eigenvalue weighted by molar-refractivity contribution is -0.121. The zero-order chi connectivity index (χ0) is 34.6. The Morgan fingerprint density at radius 2 is 1.44 bits per heavy atom. The molecule has 2 aliphatic heterocycles. The minimum absolute atomic E-state index is 0.158. The van der Waals surface area contributed by atoms with Crippen molar-refractivity contribution in [1.82, 2.24) is 5.32 Å².